The van der Waals surface area contributed by atoms with Crippen molar-refractivity contribution in [1.82, 2.24) is 14.7 Å². The molecule has 0 amide bonds. The standard InChI is InChI=1S/C20H24N4/c1-15(2)16-3-5-17(6-4-16)19-14-24-13-18(7-8-20(24)22-19)23-11-9-21-10-12-23/h3-8,13-15,21H,9-12H2,1-2H3. The van der Waals surface area contributed by atoms with Crippen molar-refractivity contribution in [3.8, 4) is 11.3 Å². The van der Waals surface area contributed by atoms with Crippen molar-refractivity contribution < 1.29 is 0 Å². The second-order valence-electron chi connectivity index (χ2n) is 6.79. The number of pyridine rings is 1. The number of imidazole rings is 1. The molecule has 0 atom stereocenters. The molecule has 1 aliphatic heterocycles. The Labute approximate surface area is 143 Å². The van der Waals surface area contributed by atoms with Gasteiger partial charge in [0, 0.05) is 44.1 Å². The Kier molecular flexibility index (Phi) is 3.98. The number of anilines is 1. The first-order chi connectivity index (χ1) is 11.7. The van der Waals surface area contributed by atoms with E-state index in [1.54, 1.807) is 0 Å². The van der Waals surface area contributed by atoms with Crippen LogP contribution < -0.4 is 10.2 Å². The Hall–Kier alpha value is -2.33. The molecule has 1 saturated heterocycles. The van der Waals surface area contributed by atoms with Gasteiger partial charge in [0.2, 0.25) is 0 Å². The molecular weight excluding hydrogens is 296 g/mol. The average Bonchev–Trinajstić information content (AvgIpc) is 3.06. The molecule has 4 nitrogen and oxygen atoms in total. The van der Waals surface area contributed by atoms with Crippen LogP contribution in [0.25, 0.3) is 16.9 Å². The fourth-order valence-electron chi connectivity index (χ4n) is 3.27. The molecular formula is C20H24N4. The number of hydrogen-bond donors (Lipinski definition) is 1. The third kappa shape index (κ3) is 2.89. The molecule has 1 aromatic carbocycles. The van der Waals surface area contributed by atoms with Gasteiger partial charge in [0.05, 0.1) is 11.4 Å². The number of hydrogen-bond acceptors (Lipinski definition) is 3. The largest absolute Gasteiger partial charge is 0.368 e. The summed E-state index contributed by atoms with van der Waals surface area (Å²) in [5, 5.41) is 3.40. The number of piperazine rings is 1. The van der Waals surface area contributed by atoms with E-state index in [0.29, 0.717) is 5.92 Å². The maximum atomic E-state index is 4.78. The first kappa shape index (κ1) is 15.2. The van der Waals surface area contributed by atoms with Gasteiger partial charge in [-0.3, -0.25) is 0 Å². The summed E-state index contributed by atoms with van der Waals surface area (Å²) < 4.78 is 2.14. The zero-order valence-electron chi connectivity index (χ0n) is 14.4. The molecule has 1 aliphatic rings. The van der Waals surface area contributed by atoms with Crippen LogP contribution in [0, 0.1) is 0 Å². The van der Waals surface area contributed by atoms with Crippen molar-refractivity contribution in [2.75, 3.05) is 31.1 Å². The molecule has 0 radical (unpaired) electrons. The number of benzene rings is 1. The Morgan fingerprint density at radius 2 is 1.71 bits per heavy atom. The van der Waals surface area contributed by atoms with E-state index in [0.717, 1.165) is 37.5 Å². The predicted octanol–water partition coefficient (Wildman–Crippen LogP) is 3.53. The monoisotopic (exact) mass is 320 g/mol. The quantitative estimate of drug-likeness (QED) is 0.801. The second-order valence-corrected chi connectivity index (χ2v) is 6.79. The molecule has 3 aromatic rings. The lowest BCUT2D eigenvalue weighted by molar-refractivity contribution is 0.588. The fourth-order valence-corrected chi connectivity index (χ4v) is 3.27. The van der Waals surface area contributed by atoms with Gasteiger partial charge in [-0.15, -0.1) is 0 Å². The number of rotatable bonds is 3. The van der Waals surface area contributed by atoms with Crippen molar-refractivity contribution >= 4 is 11.3 Å². The molecule has 4 heteroatoms. The average molecular weight is 320 g/mol. The molecule has 124 valence electrons. The van der Waals surface area contributed by atoms with Crippen LogP contribution in [0.1, 0.15) is 25.3 Å². The molecule has 4 rings (SSSR count). The highest BCUT2D eigenvalue weighted by molar-refractivity contribution is 5.64. The van der Waals surface area contributed by atoms with Crippen LogP contribution in [0.3, 0.4) is 0 Å². The maximum Gasteiger partial charge on any atom is 0.137 e. The van der Waals surface area contributed by atoms with Crippen molar-refractivity contribution in [1.29, 1.82) is 0 Å². The number of nitrogens with zero attached hydrogens (tertiary/aromatic N) is 3. The highest BCUT2D eigenvalue weighted by Crippen LogP contribution is 2.24. The minimum Gasteiger partial charge on any atom is -0.368 e. The molecule has 0 unspecified atom stereocenters. The number of aromatic nitrogens is 2. The lowest BCUT2D eigenvalue weighted by Gasteiger charge is -2.29. The molecule has 1 fully saturated rings. The number of fused-ring (bicyclic) bond motifs is 1. The van der Waals surface area contributed by atoms with Crippen LogP contribution in [0.5, 0.6) is 0 Å². The van der Waals surface area contributed by atoms with Gasteiger partial charge in [0.25, 0.3) is 0 Å². The third-order valence-electron chi connectivity index (χ3n) is 4.79. The lowest BCUT2D eigenvalue weighted by atomic mass is 10.0. The van der Waals surface area contributed by atoms with Gasteiger partial charge in [-0.2, -0.15) is 0 Å². The summed E-state index contributed by atoms with van der Waals surface area (Å²) in [6.07, 6.45) is 4.32. The third-order valence-corrected chi connectivity index (χ3v) is 4.79. The van der Waals surface area contributed by atoms with Crippen molar-refractivity contribution in [3.05, 3.63) is 54.4 Å². The summed E-state index contributed by atoms with van der Waals surface area (Å²) >= 11 is 0. The SMILES string of the molecule is CC(C)c1ccc(-c2cn3cc(N4CCNCC4)ccc3n2)cc1. The number of nitrogens with one attached hydrogen (secondary N) is 1. The van der Waals surface area contributed by atoms with Crippen molar-refractivity contribution in [3.63, 3.8) is 0 Å². The first-order valence-electron chi connectivity index (χ1n) is 8.75. The molecule has 2 aromatic heterocycles. The zero-order chi connectivity index (χ0) is 16.5. The van der Waals surface area contributed by atoms with Gasteiger partial charge in [0.15, 0.2) is 0 Å². The van der Waals surface area contributed by atoms with Crippen molar-refractivity contribution in [2.24, 2.45) is 0 Å². The van der Waals surface area contributed by atoms with Gasteiger partial charge in [-0.05, 0) is 23.6 Å². The van der Waals surface area contributed by atoms with Crippen molar-refractivity contribution in [2.45, 2.75) is 19.8 Å². The molecule has 0 saturated carbocycles. The van der Waals surface area contributed by atoms with Crippen LogP contribution in [0.4, 0.5) is 5.69 Å². The summed E-state index contributed by atoms with van der Waals surface area (Å²) in [6.45, 7) is 8.66. The topological polar surface area (TPSA) is 32.6 Å². The Bertz CT molecular complexity index is 826. The Morgan fingerprint density at radius 3 is 2.42 bits per heavy atom. The smallest absolute Gasteiger partial charge is 0.137 e. The van der Waals surface area contributed by atoms with E-state index in [2.05, 4.69) is 77.3 Å². The molecule has 3 heterocycles. The van der Waals surface area contributed by atoms with E-state index in [9.17, 15) is 0 Å². The summed E-state index contributed by atoms with van der Waals surface area (Å²) in [4.78, 5) is 7.20. The lowest BCUT2D eigenvalue weighted by Crippen LogP contribution is -2.43. The van der Waals surface area contributed by atoms with Crippen LogP contribution in [0.15, 0.2) is 48.8 Å². The van der Waals surface area contributed by atoms with Crippen LogP contribution >= 0.6 is 0 Å². The van der Waals surface area contributed by atoms with E-state index >= 15 is 0 Å². The highest BCUT2D eigenvalue weighted by Gasteiger charge is 2.12. The second kappa shape index (κ2) is 6.29. The molecule has 0 bridgehead atoms. The molecule has 24 heavy (non-hydrogen) atoms. The van der Waals surface area contributed by atoms with Gasteiger partial charge in [-0.1, -0.05) is 38.1 Å². The van der Waals surface area contributed by atoms with Gasteiger partial charge in [0.1, 0.15) is 5.65 Å². The summed E-state index contributed by atoms with van der Waals surface area (Å²) in [5.74, 6) is 0.557. The van der Waals surface area contributed by atoms with Gasteiger partial charge < -0.3 is 14.6 Å². The van der Waals surface area contributed by atoms with E-state index in [1.165, 1.54) is 16.8 Å². The van der Waals surface area contributed by atoms with Gasteiger partial charge in [-0.25, -0.2) is 4.98 Å². The normalized spacial score (nSPS) is 15.4. The van der Waals surface area contributed by atoms with E-state index < -0.39 is 0 Å². The molecule has 0 spiro atoms. The predicted molar refractivity (Wildman–Crippen MR) is 99.8 cm³/mol. The maximum absolute atomic E-state index is 4.78. The Morgan fingerprint density at radius 1 is 0.958 bits per heavy atom. The fraction of sp³-hybridized carbons (Fsp3) is 0.350. The van der Waals surface area contributed by atoms with E-state index in [1.807, 2.05) is 0 Å². The summed E-state index contributed by atoms with van der Waals surface area (Å²) in [5.41, 5.74) is 5.83. The summed E-state index contributed by atoms with van der Waals surface area (Å²) in [6, 6.07) is 13.1. The van der Waals surface area contributed by atoms with Crippen LogP contribution in [-0.2, 0) is 0 Å². The van der Waals surface area contributed by atoms with Crippen LogP contribution in [0.2, 0.25) is 0 Å². The minimum absolute atomic E-state index is 0.557. The van der Waals surface area contributed by atoms with Gasteiger partial charge >= 0.3 is 0 Å². The molecule has 0 aliphatic carbocycles. The molecule has 1 N–H and O–H groups in total. The highest BCUT2D eigenvalue weighted by atomic mass is 15.2. The first-order valence-corrected chi connectivity index (χ1v) is 8.75. The van der Waals surface area contributed by atoms with Crippen LogP contribution in [-0.4, -0.2) is 35.6 Å². The minimum atomic E-state index is 0.557. The Balaban J connectivity index is 1.65. The summed E-state index contributed by atoms with van der Waals surface area (Å²) in [7, 11) is 0. The van der Waals surface area contributed by atoms with E-state index in [-0.39, 0.29) is 0 Å². The zero-order valence-corrected chi connectivity index (χ0v) is 14.4. The van der Waals surface area contributed by atoms with E-state index in [4.69, 9.17) is 4.98 Å².